The average Bonchev–Trinajstić information content (AvgIpc) is 2.60. The molecule has 26 heavy (non-hydrogen) atoms. The summed E-state index contributed by atoms with van der Waals surface area (Å²) in [6.07, 6.45) is 1.22. The highest BCUT2D eigenvalue weighted by Crippen LogP contribution is 2.16. The summed E-state index contributed by atoms with van der Waals surface area (Å²) in [5.41, 5.74) is 1.23. The molecule has 134 valence electrons. The smallest absolute Gasteiger partial charge is 0.330 e. The number of amides is 1. The lowest BCUT2D eigenvalue weighted by atomic mass is 10.1. The molecule has 0 aliphatic rings. The highest BCUT2D eigenvalue weighted by molar-refractivity contribution is 5.99. The lowest BCUT2D eigenvalue weighted by molar-refractivity contribution is -0.384. The van der Waals surface area contributed by atoms with Gasteiger partial charge in [0.2, 0.25) is 5.91 Å². The van der Waals surface area contributed by atoms with Crippen molar-refractivity contribution in [2.45, 2.75) is 13.0 Å². The van der Waals surface area contributed by atoms with Crippen LogP contribution in [0.1, 0.15) is 18.5 Å². The van der Waals surface area contributed by atoms with Gasteiger partial charge in [-0.15, -0.1) is 0 Å². The van der Waals surface area contributed by atoms with E-state index < -0.39 is 22.8 Å². The van der Waals surface area contributed by atoms with Gasteiger partial charge < -0.3 is 15.7 Å². The number of non-ortho nitro benzene ring substituents is 1. The molecule has 0 bridgehead atoms. The predicted molar refractivity (Wildman–Crippen MR) is 95.4 cm³/mol. The van der Waals surface area contributed by atoms with Crippen molar-refractivity contribution in [1.82, 2.24) is 5.32 Å². The third-order valence-corrected chi connectivity index (χ3v) is 3.45. The number of nitro benzene ring substituents is 1. The Morgan fingerprint density at radius 2 is 1.73 bits per heavy atom. The highest BCUT2D eigenvalue weighted by Gasteiger charge is 2.19. The lowest BCUT2D eigenvalue weighted by Gasteiger charge is -2.16. The van der Waals surface area contributed by atoms with Gasteiger partial charge >= 0.3 is 5.97 Å². The third-order valence-electron chi connectivity index (χ3n) is 3.45. The number of anilines is 1. The Kier molecular flexibility index (Phi) is 6.05. The number of allylic oxidation sites excluding steroid dienone is 1. The molecule has 0 radical (unpaired) electrons. The molecule has 1 unspecified atom stereocenters. The maximum absolute atomic E-state index is 12.0. The molecule has 0 aliphatic heterocycles. The van der Waals surface area contributed by atoms with E-state index in [1.807, 2.05) is 0 Å². The first kappa shape index (κ1) is 18.7. The Hall–Kier alpha value is -3.68. The molecule has 8 heteroatoms. The zero-order valence-electron chi connectivity index (χ0n) is 13.9. The predicted octanol–water partition coefficient (Wildman–Crippen LogP) is 2.85. The molecule has 3 N–H and O–H groups in total. The molecule has 0 saturated heterocycles. The van der Waals surface area contributed by atoms with E-state index in [2.05, 4.69) is 10.6 Å². The summed E-state index contributed by atoms with van der Waals surface area (Å²) in [5, 5.41) is 25.3. The van der Waals surface area contributed by atoms with Gasteiger partial charge in [-0.3, -0.25) is 14.9 Å². The molecule has 1 atom stereocenters. The van der Waals surface area contributed by atoms with Gasteiger partial charge in [-0.2, -0.15) is 0 Å². The van der Waals surface area contributed by atoms with Crippen molar-refractivity contribution >= 4 is 23.3 Å². The standard InChI is InChI=1S/C18H17N3O5/c1-12(19-17(18(23)24)13-5-3-2-4-6-13)11-16(22)20-14-7-9-15(10-8-14)21(25)26/h2-11,17,19H,1H3,(H,20,22)(H,23,24)/b12-11+. The highest BCUT2D eigenvalue weighted by atomic mass is 16.6. The summed E-state index contributed by atoms with van der Waals surface area (Å²) >= 11 is 0. The van der Waals surface area contributed by atoms with Crippen molar-refractivity contribution in [2.75, 3.05) is 5.32 Å². The number of nitrogens with zero attached hydrogens (tertiary/aromatic N) is 1. The minimum Gasteiger partial charge on any atom is -0.479 e. The van der Waals surface area contributed by atoms with Crippen LogP contribution in [-0.2, 0) is 9.59 Å². The first-order chi connectivity index (χ1) is 12.4. The first-order valence-corrected chi connectivity index (χ1v) is 7.65. The van der Waals surface area contributed by atoms with Gasteiger partial charge in [0.25, 0.3) is 5.69 Å². The quantitative estimate of drug-likeness (QED) is 0.399. The van der Waals surface area contributed by atoms with Crippen LogP contribution in [0.15, 0.2) is 66.4 Å². The maximum atomic E-state index is 12.0. The number of aliphatic carboxylic acids is 1. The summed E-state index contributed by atoms with van der Waals surface area (Å²) in [4.78, 5) is 33.5. The number of hydrogen-bond acceptors (Lipinski definition) is 5. The van der Waals surface area contributed by atoms with E-state index in [1.165, 1.54) is 30.3 Å². The molecule has 0 aliphatic carbocycles. The number of nitrogens with one attached hydrogen (secondary N) is 2. The molecule has 0 heterocycles. The Morgan fingerprint density at radius 3 is 2.27 bits per heavy atom. The van der Waals surface area contributed by atoms with E-state index >= 15 is 0 Å². The van der Waals surface area contributed by atoms with Crippen LogP contribution in [0.2, 0.25) is 0 Å². The number of hydrogen-bond donors (Lipinski definition) is 3. The molecular weight excluding hydrogens is 338 g/mol. The van der Waals surface area contributed by atoms with E-state index in [1.54, 1.807) is 37.3 Å². The second-order valence-corrected chi connectivity index (χ2v) is 5.45. The molecule has 0 saturated carbocycles. The molecule has 2 rings (SSSR count). The van der Waals surface area contributed by atoms with E-state index in [9.17, 15) is 24.8 Å². The van der Waals surface area contributed by atoms with Crippen LogP contribution in [0.3, 0.4) is 0 Å². The SMILES string of the molecule is C/C(=C\C(=O)Nc1ccc([N+](=O)[O-])cc1)NC(C(=O)O)c1ccccc1. The van der Waals surface area contributed by atoms with Crippen LogP contribution in [0, 0.1) is 10.1 Å². The van der Waals surface area contributed by atoms with Gasteiger partial charge in [0, 0.05) is 29.6 Å². The molecule has 2 aromatic carbocycles. The summed E-state index contributed by atoms with van der Waals surface area (Å²) in [7, 11) is 0. The van der Waals surface area contributed by atoms with Crippen LogP contribution >= 0.6 is 0 Å². The van der Waals surface area contributed by atoms with Gasteiger partial charge in [0.15, 0.2) is 0 Å². The zero-order valence-corrected chi connectivity index (χ0v) is 13.9. The van der Waals surface area contributed by atoms with Crippen molar-refractivity contribution in [3.63, 3.8) is 0 Å². The monoisotopic (exact) mass is 355 g/mol. The van der Waals surface area contributed by atoms with E-state index in [0.717, 1.165) is 0 Å². The van der Waals surface area contributed by atoms with Crippen molar-refractivity contribution in [2.24, 2.45) is 0 Å². The van der Waals surface area contributed by atoms with Gasteiger partial charge in [-0.05, 0) is 24.6 Å². The summed E-state index contributed by atoms with van der Waals surface area (Å²) in [6, 6.07) is 13.0. The number of carboxylic acids is 1. The van der Waals surface area contributed by atoms with Crippen molar-refractivity contribution in [3.8, 4) is 0 Å². The summed E-state index contributed by atoms with van der Waals surface area (Å²) in [6.45, 7) is 1.58. The summed E-state index contributed by atoms with van der Waals surface area (Å²) in [5.74, 6) is -1.55. The maximum Gasteiger partial charge on any atom is 0.330 e. The largest absolute Gasteiger partial charge is 0.479 e. The number of nitro groups is 1. The minimum absolute atomic E-state index is 0.0800. The van der Waals surface area contributed by atoms with Crippen LogP contribution < -0.4 is 10.6 Å². The Labute approximate surface area is 149 Å². The molecule has 0 spiro atoms. The van der Waals surface area contributed by atoms with Crippen molar-refractivity contribution in [3.05, 3.63) is 82.0 Å². The molecular formula is C18H17N3O5. The molecule has 0 fully saturated rings. The van der Waals surface area contributed by atoms with Crippen molar-refractivity contribution in [1.29, 1.82) is 0 Å². The fourth-order valence-corrected chi connectivity index (χ4v) is 2.24. The number of rotatable bonds is 7. The molecule has 2 aromatic rings. The normalized spacial score (nSPS) is 12.1. The average molecular weight is 355 g/mol. The van der Waals surface area contributed by atoms with Crippen LogP contribution in [0.25, 0.3) is 0 Å². The van der Waals surface area contributed by atoms with Gasteiger partial charge in [0.1, 0.15) is 6.04 Å². The number of carbonyl (C=O) groups is 2. The second kappa shape index (κ2) is 8.43. The van der Waals surface area contributed by atoms with E-state index in [4.69, 9.17) is 0 Å². The molecule has 0 aromatic heterocycles. The van der Waals surface area contributed by atoms with Crippen LogP contribution in [-0.4, -0.2) is 21.9 Å². The van der Waals surface area contributed by atoms with Crippen LogP contribution in [0.4, 0.5) is 11.4 Å². The van der Waals surface area contributed by atoms with Gasteiger partial charge in [-0.25, -0.2) is 4.79 Å². The number of carboxylic acid groups (broad SMARTS) is 1. The van der Waals surface area contributed by atoms with Gasteiger partial charge in [0.05, 0.1) is 4.92 Å². The van der Waals surface area contributed by atoms with Gasteiger partial charge in [-0.1, -0.05) is 30.3 Å². The topological polar surface area (TPSA) is 122 Å². The third kappa shape index (κ3) is 5.17. The Morgan fingerprint density at radius 1 is 1.12 bits per heavy atom. The van der Waals surface area contributed by atoms with Crippen LogP contribution in [0.5, 0.6) is 0 Å². The number of benzene rings is 2. The first-order valence-electron chi connectivity index (χ1n) is 7.65. The Bertz CT molecular complexity index is 832. The fraction of sp³-hybridized carbons (Fsp3) is 0.111. The minimum atomic E-state index is -1.07. The second-order valence-electron chi connectivity index (χ2n) is 5.45. The lowest BCUT2D eigenvalue weighted by Crippen LogP contribution is -2.27. The summed E-state index contributed by atoms with van der Waals surface area (Å²) < 4.78 is 0. The van der Waals surface area contributed by atoms with E-state index in [0.29, 0.717) is 16.9 Å². The Balaban J connectivity index is 2.04. The number of carbonyl (C=O) groups excluding carboxylic acids is 1. The van der Waals surface area contributed by atoms with Crippen molar-refractivity contribution < 1.29 is 19.6 Å². The molecule has 8 nitrogen and oxygen atoms in total. The fourth-order valence-electron chi connectivity index (χ4n) is 2.24. The molecule has 1 amide bonds. The van der Waals surface area contributed by atoms with E-state index in [-0.39, 0.29) is 5.69 Å². The zero-order chi connectivity index (χ0) is 19.1.